The van der Waals surface area contributed by atoms with Crippen molar-refractivity contribution in [3.05, 3.63) is 0 Å². The molecule has 12 heteroatoms. The molecule has 0 unspecified atom stereocenters. The van der Waals surface area contributed by atoms with Crippen molar-refractivity contribution >= 4 is 30.4 Å². The van der Waals surface area contributed by atoms with Gasteiger partial charge >= 0.3 is 33.8 Å². The van der Waals surface area contributed by atoms with Gasteiger partial charge in [0.25, 0.3) is 0 Å². The molecule has 0 saturated carbocycles. The number of hydrogen-bond acceptors (Lipinski definition) is 6. The lowest BCUT2D eigenvalue weighted by molar-refractivity contribution is 0.413. The molecular weight excluding hydrogens is 300 g/mol. The van der Waals surface area contributed by atoms with Crippen LogP contribution in [0.15, 0.2) is 0 Å². The van der Waals surface area contributed by atoms with E-state index in [-0.39, 0.29) is 12.8 Å². The van der Waals surface area contributed by atoms with Gasteiger partial charge in [0, 0.05) is 6.42 Å². The van der Waals surface area contributed by atoms with E-state index in [1.807, 2.05) is 0 Å². The monoisotopic (exact) mass is 312 g/mol. The van der Waals surface area contributed by atoms with Crippen molar-refractivity contribution in [2.24, 2.45) is 0 Å². The van der Waals surface area contributed by atoms with Crippen LogP contribution in [0.2, 0.25) is 0 Å². The molecule has 9 nitrogen and oxygen atoms in total. The van der Waals surface area contributed by atoms with Crippen molar-refractivity contribution in [3.63, 3.8) is 0 Å². The SMILES string of the molecule is CCCCC(S(=O)(=O)O)(S(=O)(=O)O)S(=O)(=O)O. The topological polar surface area (TPSA) is 163 Å². The highest BCUT2D eigenvalue weighted by Gasteiger charge is 2.64. The molecular formula is C5H12O9S3. The first kappa shape index (κ1) is 16.7. The fourth-order valence-electron chi connectivity index (χ4n) is 1.18. The highest BCUT2D eigenvalue weighted by Crippen LogP contribution is 2.34. The van der Waals surface area contributed by atoms with E-state index >= 15 is 0 Å². The van der Waals surface area contributed by atoms with Crippen LogP contribution in [0.4, 0.5) is 0 Å². The molecule has 0 aromatic carbocycles. The second kappa shape index (κ2) is 4.78. The van der Waals surface area contributed by atoms with Gasteiger partial charge in [-0.3, -0.25) is 13.7 Å². The Labute approximate surface area is 99.1 Å². The molecule has 0 aliphatic carbocycles. The summed E-state index contributed by atoms with van der Waals surface area (Å²) in [5.41, 5.74) is 0. The zero-order valence-electron chi connectivity index (χ0n) is 8.64. The molecule has 0 bridgehead atoms. The van der Waals surface area contributed by atoms with E-state index in [1.54, 1.807) is 0 Å². The summed E-state index contributed by atoms with van der Waals surface area (Å²) in [5.74, 6) is 0. The molecule has 0 aromatic heterocycles. The molecule has 0 amide bonds. The van der Waals surface area contributed by atoms with Crippen molar-refractivity contribution in [2.45, 2.75) is 29.6 Å². The standard InChI is InChI=1S/C5H12O9S3/c1-2-3-4-5(15(6,7)8,16(9,10)11)17(12,13)14/h2-4H2,1H3,(H,6,7,8)(H,9,10,11)(H,12,13,14). The highest BCUT2D eigenvalue weighted by molar-refractivity contribution is 8.21. The Morgan fingerprint density at radius 2 is 1.12 bits per heavy atom. The molecule has 0 saturated heterocycles. The van der Waals surface area contributed by atoms with Crippen molar-refractivity contribution in [3.8, 4) is 0 Å². The third kappa shape index (κ3) is 2.95. The number of unbranched alkanes of at least 4 members (excludes halogenated alkanes) is 1. The molecule has 17 heavy (non-hydrogen) atoms. The van der Waals surface area contributed by atoms with Gasteiger partial charge in [-0.05, 0) is 6.42 Å². The Balaban J connectivity index is 6.36. The molecule has 0 spiro atoms. The van der Waals surface area contributed by atoms with E-state index in [4.69, 9.17) is 13.7 Å². The maximum atomic E-state index is 10.9. The van der Waals surface area contributed by atoms with Gasteiger partial charge in [0.15, 0.2) is 0 Å². The van der Waals surface area contributed by atoms with Crippen LogP contribution in [0.1, 0.15) is 26.2 Å². The van der Waals surface area contributed by atoms with Crippen LogP contribution in [0, 0.1) is 0 Å². The summed E-state index contributed by atoms with van der Waals surface area (Å²) in [5, 5.41) is 0. The average Bonchev–Trinajstić information content (AvgIpc) is 1.96. The van der Waals surface area contributed by atoms with E-state index in [0.29, 0.717) is 0 Å². The fraction of sp³-hybridized carbons (Fsp3) is 1.00. The Morgan fingerprint density at radius 3 is 1.29 bits per heavy atom. The minimum absolute atomic E-state index is 0.169. The lowest BCUT2D eigenvalue weighted by Gasteiger charge is -2.23. The smallest absolute Gasteiger partial charge is 0.283 e. The van der Waals surface area contributed by atoms with Gasteiger partial charge in [-0.15, -0.1) is 0 Å². The lowest BCUT2D eigenvalue weighted by Crippen LogP contribution is -2.52. The van der Waals surface area contributed by atoms with Crippen molar-refractivity contribution < 1.29 is 38.9 Å². The van der Waals surface area contributed by atoms with E-state index in [9.17, 15) is 25.3 Å². The molecule has 0 fully saturated rings. The van der Waals surface area contributed by atoms with Crippen LogP contribution in [0.25, 0.3) is 0 Å². The summed E-state index contributed by atoms with van der Waals surface area (Å²) in [7, 11) is -17.4. The van der Waals surface area contributed by atoms with Gasteiger partial charge in [0.2, 0.25) is 0 Å². The third-order valence-electron chi connectivity index (χ3n) is 2.02. The van der Waals surface area contributed by atoms with Crippen LogP contribution < -0.4 is 0 Å². The number of rotatable bonds is 6. The fourth-order valence-corrected chi connectivity index (χ4v) is 5.58. The van der Waals surface area contributed by atoms with Gasteiger partial charge < -0.3 is 0 Å². The Kier molecular flexibility index (Phi) is 4.70. The summed E-state index contributed by atoms with van der Waals surface area (Å²) in [6, 6.07) is 0. The maximum Gasteiger partial charge on any atom is 0.345 e. The van der Waals surface area contributed by atoms with Crippen LogP contribution in [0.3, 0.4) is 0 Å². The molecule has 104 valence electrons. The van der Waals surface area contributed by atoms with Crippen LogP contribution in [-0.2, 0) is 30.4 Å². The molecule has 0 rings (SSSR count). The van der Waals surface area contributed by atoms with Gasteiger partial charge in [0.1, 0.15) is 0 Å². The molecule has 0 aliphatic heterocycles. The Bertz CT molecular complexity index is 487. The van der Waals surface area contributed by atoms with Gasteiger partial charge in [0.05, 0.1) is 0 Å². The molecule has 3 N–H and O–H groups in total. The van der Waals surface area contributed by atoms with Crippen molar-refractivity contribution in [1.29, 1.82) is 0 Å². The summed E-state index contributed by atoms with van der Waals surface area (Å²) >= 11 is 0. The third-order valence-corrected chi connectivity index (χ3v) is 8.78. The second-order valence-electron chi connectivity index (χ2n) is 3.21. The first-order valence-electron chi connectivity index (χ1n) is 4.22. The van der Waals surface area contributed by atoms with E-state index in [0.717, 1.165) is 0 Å². The van der Waals surface area contributed by atoms with Crippen LogP contribution in [0.5, 0.6) is 0 Å². The van der Waals surface area contributed by atoms with Gasteiger partial charge in [-0.2, -0.15) is 25.3 Å². The zero-order valence-corrected chi connectivity index (χ0v) is 11.1. The second-order valence-corrected chi connectivity index (χ2v) is 8.93. The Hall–Kier alpha value is -0.270. The van der Waals surface area contributed by atoms with E-state index in [1.165, 1.54) is 6.92 Å². The first-order valence-corrected chi connectivity index (χ1v) is 8.54. The summed E-state index contributed by atoms with van der Waals surface area (Å²) < 4.78 is 87.7. The van der Waals surface area contributed by atoms with Crippen molar-refractivity contribution in [2.75, 3.05) is 0 Å². The average molecular weight is 312 g/mol. The molecule has 0 atom stereocenters. The summed E-state index contributed by atoms with van der Waals surface area (Å²) in [4.78, 5) is 0. The quantitative estimate of drug-likeness (QED) is 0.548. The molecule has 0 radical (unpaired) electrons. The predicted molar refractivity (Wildman–Crippen MR) is 56.9 cm³/mol. The van der Waals surface area contributed by atoms with Crippen LogP contribution >= 0.6 is 0 Å². The summed E-state index contributed by atoms with van der Waals surface area (Å²) in [6.07, 6.45) is -1.29. The summed E-state index contributed by atoms with van der Waals surface area (Å²) in [6.45, 7) is 1.47. The largest absolute Gasteiger partial charge is 0.345 e. The molecule has 0 heterocycles. The first-order chi connectivity index (χ1) is 7.31. The van der Waals surface area contributed by atoms with Gasteiger partial charge in [-0.1, -0.05) is 13.3 Å². The predicted octanol–water partition coefficient (Wildman–Crippen LogP) is -0.506. The van der Waals surface area contributed by atoms with Crippen LogP contribution in [-0.4, -0.2) is 42.3 Å². The minimum Gasteiger partial charge on any atom is -0.283 e. The minimum atomic E-state index is -5.79. The molecule has 0 aliphatic rings. The Morgan fingerprint density at radius 1 is 0.824 bits per heavy atom. The van der Waals surface area contributed by atoms with Gasteiger partial charge in [-0.25, -0.2) is 0 Å². The van der Waals surface area contributed by atoms with Crippen molar-refractivity contribution in [1.82, 2.24) is 0 Å². The number of hydrogen-bond donors (Lipinski definition) is 3. The maximum absolute atomic E-state index is 10.9. The highest BCUT2D eigenvalue weighted by atomic mass is 32.3. The normalized spacial score (nSPS) is 14.8. The molecule has 0 aromatic rings. The zero-order chi connectivity index (χ0) is 14.1. The van der Waals surface area contributed by atoms with E-state index in [2.05, 4.69) is 0 Å². The van der Waals surface area contributed by atoms with E-state index < -0.39 is 40.2 Å². The lowest BCUT2D eigenvalue weighted by atomic mass is 10.3.